The molecule has 138 valence electrons. The van der Waals surface area contributed by atoms with E-state index in [0.29, 0.717) is 5.56 Å². The largest absolute Gasteiger partial charge is 0.309 e. The fourth-order valence-corrected chi connectivity index (χ4v) is 3.85. The van der Waals surface area contributed by atoms with Gasteiger partial charge in [-0.05, 0) is 43.5 Å². The van der Waals surface area contributed by atoms with Gasteiger partial charge in [-0.3, -0.25) is 4.90 Å². The number of rotatable bonds is 5. The molecule has 0 saturated heterocycles. The van der Waals surface area contributed by atoms with Gasteiger partial charge < -0.3 is 9.72 Å². The molecule has 3 aromatic rings. The Morgan fingerprint density at radius 1 is 1.19 bits per heavy atom. The number of imidazole rings is 1. The Hall–Kier alpha value is -2.68. The van der Waals surface area contributed by atoms with Crippen molar-refractivity contribution in [3.8, 4) is 6.07 Å². The minimum Gasteiger partial charge on any atom is -0.309 e. The molecule has 0 aliphatic carbocycles. The van der Waals surface area contributed by atoms with Crippen molar-refractivity contribution in [2.24, 2.45) is 0 Å². The van der Waals surface area contributed by atoms with Gasteiger partial charge in [-0.2, -0.15) is 5.26 Å². The third-order valence-electron chi connectivity index (χ3n) is 5.56. The number of aromatic nitrogens is 2. The average Bonchev–Trinajstić information content (AvgIpc) is 3.09. The minimum atomic E-state index is 0.0613. The van der Waals surface area contributed by atoms with Crippen LogP contribution in [0.5, 0.6) is 0 Å². The number of pyridine rings is 1. The van der Waals surface area contributed by atoms with Crippen LogP contribution in [0.3, 0.4) is 0 Å². The van der Waals surface area contributed by atoms with E-state index in [4.69, 9.17) is 5.26 Å². The van der Waals surface area contributed by atoms with E-state index >= 15 is 0 Å². The molecule has 5 heteroatoms. The second-order valence-electron chi connectivity index (χ2n) is 7.86. The second-order valence-corrected chi connectivity index (χ2v) is 7.86. The first-order valence-electron chi connectivity index (χ1n) is 9.45. The summed E-state index contributed by atoms with van der Waals surface area (Å²) in [6, 6.07) is 14.6. The number of hydrogen-bond acceptors (Lipinski definition) is 4. The number of nitriles is 1. The third kappa shape index (κ3) is 3.59. The smallest absolute Gasteiger partial charge is 0.137 e. The highest BCUT2D eigenvalue weighted by atomic mass is 15.2. The van der Waals surface area contributed by atoms with E-state index in [1.807, 2.05) is 22.9 Å². The first kappa shape index (κ1) is 17.7. The van der Waals surface area contributed by atoms with Gasteiger partial charge in [-0.1, -0.05) is 24.3 Å². The molecule has 27 heavy (non-hydrogen) atoms. The van der Waals surface area contributed by atoms with Crippen LogP contribution in [0.2, 0.25) is 0 Å². The molecule has 0 fully saturated rings. The molecule has 0 bridgehead atoms. The zero-order valence-corrected chi connectivity index (χ0v) is 15.9. The summed E-state index contributed by atoms with van der Waals surface area (Å²) in [5.41, 5.74) is 5.58. The van der Waals surface area contributed by atoms with Gasteiger partial charge in [0, 0.05) is 37.9 Å². The van der Waals surface area contributed by atoms with E-state index in [1.54, 1.807) is 6.07 Å². The van der Waals surface area contributed by atoms with E-state index in [9.17, 15) is 0 Å². The molecule has 2 aromatic heterocycles. The number of nitrogens with one attached hydrogen (secondary N) is 1. The van der Waals surface area contributed by atoms with Crippen LogP contribution < -0.4 is 5.32 Å². The van der Waals surface area contributed by atoms with Gasteiger partial charge >= 0.3 is 0 Å². The van der Waals surface area contributed by atoms with Crippen LogP contribution in [0.4, 0.5) is 0 Å². The van der Waals surface area contributed by atoms with Gasteiger partial charge in [0.2, 0.25) is 0 Å². The van der Waals surface area contributed by atoms with Crippen LogP contribution >= 0.6 is 0 Å². The van der Waals surface area contributed by atoms with Crippen molar-refractivity contribution in [2.75, 3.05) is 13.1 Å². The van der Waals surface area contributed by atoms with Crippen molar-refractivity contribution in [3.05, 3.63) is 71.2 Å². The van der Waals surface area contributed by atoms with Crippen LogP contribution in [0.1, 0.15) is 36.2 Å². The first-order chi connectivity index (χ1) is 13.1. The van der Waals surface area contributed by atoms with Crippen LogP contribution in [0.15, 0.2) is 48.8 Å². The quantitative estimate of drug-likeness (QED) is 0.760. The van der Waals surface area contributed by atoms with Crippen molar-refractivity contribution in [1.82, 2.24) is 19.6 Å². The van der Waals surface area contributed by atoms with Crippen LogP contribution in [-0.4, -0.2) is 32.9 Å². The molecule has 0 spiro atoms. The summed E-state index contributed by atoms with van der Waals surface area (Å²) >= 11 is 0. The molecule has 5 nitrogen and oxygen atoms in total. The number of fused-ring (bicyclic) bond motifs is 2. The topological polar surface area (TPSA) is 56.4 Å². The number of nitrogens with zero attached hydrogens (tertiary/aromatic N) is 4. The third-order valence-corrected chi connectivity index (χ3v) is 5.56. The normalized spacial score (nSPS) is 14.9. The Bertz CT molecular complexity index is 995. The summed E-state index contributed by atoms with van der Waals surface area (Å²) in [4.78, 5) is 6.99. The summed E-state index contributed by atoms with van der Waals surface area (Å²) in [5.74, 6) is 0. The highest BCUT2D eigenvalue weighted by Gasteiger charge is 2.29. The van der Waals surface area contributed by atoms with Gasteiger partial charge in [-0.25, -0.2) is 4.98 Å². The van der Waals surface area contributed by atoms with Crippen LogP contribution in [0.25, 0.3) is 5.65 Å². The Labute approximate surface area is 160 Å². The Morgan fingerprint density at radius 2 is 2.00 bits per heavy atom. The Morgan fingerprint density at radius 3 is 2.81 bits per heavy atom. The lowest BCUT2D eigenvalue weighted by molar-refractivity contribution is 0.102. The molecule has 0 radical (unpaired) electrons. The van der Waals surface area contributed by atoms with E-state index in [2.05, 4.69) is 59.4 Å². The molecule has 0 saturated carbocycles. The van der Waals surface area contributed by atoms with Crippen molar-refractivity contribution in [3.63, 3.8) is 0 Å². The lowest BCUT2D eigenvalue weighted by atomic mass is 9.94. The molecule has 3 heterocycles. The first-order valence-corrected chi connectivity index (χ1v) is 9.45. The molecular weight excluding hydrogens is 334 g/mol. The zero-order valence-electron chi connectivity index (χ0n) is 15.9. The van der Waals surface area contributed by atoms with Gasteiger partial charge in [-0.15, -0.1) is 0 Å². The van der Waals surface area contributed by atoms with Gasteiger partial charge in [0.05, 0.1) is 17.5 Å². The van der Waals surface area contributed by atoms with Crippen LogP contribution in [-0.2, 0) is 19.5 Å². The number of benzene rings is 1. The molecule has 0 unspecified atom stereocenters. The lowest BCUT2D eigenvalue weighted by Gasteiger charge is -2.41. The van der Waals surface area contributed by atoms with Gasteiger partial charge in [0.25, 0.3) is 0 Å². The summed E-state index contributed by atoms with van der Waals surface area (Å²) < 4.78 is 2.00. The van der Waals surface area contributed by atoms with Gasteiger partial charge in [0.1, 0.15) is 11.7 Å². The monoisotopic (exact) mass is 359 g/mol. The summed E-state index contributed by atoms with van der Waals surface area (Å²) in [6.07, 6.45) is 4.85. The molecule has 0 amide bonds. The van der Waals surface area contributed by atoms with E-state index in [0.717, 1.165) is 43.9 Å². The molecular formula is C22H25N5. The SMILES string of the molecule is CC(C)(CNCc1cnc2ccc(C#N)cn12)N1CCc2ccccc2C1. The molecule has 1 aromatic carbocycles. The van der Waals surface area contributed by atoms with Crippen molar-refractivity contribution >= 4 is 5.65 Å². The maximum atomic E-state index is 9.12. The van der Waals surface area contributed by atoms with E-state index < -0.39 is 0 Å². The Balaban J connectivity index is 1.41. The highest BCUT2D eigenvalue weighted by molar-refractivity contribution is 5.44. The van der Waals surface area contributed by atoms with Crippen molar-refractivity contribution < 1.29 is 0 Å². The predicted octanol–water partition coefficient (Wildman–Crippen LogP) is 3.13. The zero-order chi connectivity index (χ0) is 18.9. The molecule has 4 rings (SSSR count). The fourth-order valence-electron chi connectivity index (χ4n) is 3.85. The maximum Gasteiger partial charge on any atom is 0.137 e. The van der Waals surface area contributed by atoms with Crippen molar-refractivity contribution in [2.45, 2.75) is 38.9 Å². The van der Waals surface area contributed by atoms with Crippen LogP contribution in [0, 0.1) is 11.3 Å². The second kappa shape index (κ2) is 7.15. The predicted molar refractivity (Wildman–Crippen MR) is 106 cm³/mol. The maximum absolute atomic E-state index is 9.12. The summed E-state index contributed by atoms with van der Waals surface area (Å²) in [5, 5.41) is 12.7. The van der Waals surface area contributed by atoms with E-state index in [1.165, 1.54) is 11.1 Å². The average molecular weight is 359 g/mol. The highest BCUT2D eigenvalue weighted by Crippen LogP contribution is 2.25. The standard InChI is InChI=1S/C22H25N5/c1-22(2,26-10-9-18-5-3-4-6-19(18)15-26)16-24-12-20-13-25-21-8-7-17(11-23)14-27(20)21/h3-8,13-14,24H,9-10,12,15-16H2,1-2H3. The lowest BCUT2D eigenvalue weighted by Crippen LogP contribution is -2.52. The van der Waals surface area contributed by atoms with Gasteiger partial charge in [0.15, 0.2) is 0 Å². The number of hydrogen-bond donors (Lipinski definition) is 1. The molecule has 1 aliphatic rings. The molecule has 1 aliphatic heterocycles. The van der Waals surface area contributed by atoms with Crippen molar-refractivity contribution in [1.29, 1.82) is 5.26 Å². The summed E-state index contributed by atoms with van der Waals surface area (Å²) in [7, 11) is 0. The van der Waals surface area contributed by atoms with E-state index in [-0.39, 0.29) is 5.54 Å². The molecule has 0 atom stereocenters. The molecule has 1 N–H and O–H groups in total. The summed E-state index contributed by atoms with van der Waals surface area (Å²) in [6.45, 7) is 8.31. The fraction of sp³-hybridized carbons (Fsp3) is 0.364. The minimum absolute atomic E-state index is 0.0613. The Kier molecular flexibility index (Phi) is 4.69.